The predicted octanol–water partition coefficient (Wildman–Crippen LogP) is 1.98. The smallest absolute Gasteiger partial charge is 0.273 e. The molecular formula is C18H23N3O5. The van der Waals surface area contributed by atoms with Crippen molar-refractivity contribution in [2.24, 2.45) is 0 Å². The van der Waals surface area contributed by atoms with E-state index < -0.39 is 4.92 Å². The number of nitrogens with zero attached hydrogens (tertiary/aromatic N) is 3. The zero-order valence-corrected chi connectivity index (χ0v) is 14.6. The van der Waals surface area contributed by atoms with E-state index in [9.17, 15) is 19.7 Å². The third kappa shape index (κ3) is 4.30. The molecule has 0 aliphatic carbocycles. The van der Waals surface area contributed by atoms with Crippen molar-refractivity contribution in [3.8, 4) is 5.75 Å². The van der Waals surface area contributed by atoms with Gasteiger partial charge in [0.15, 0.2) is 6.61 Å². The van der Waals surface area contributed by atoms with Crippen LogP contribution in [-0.2, 0) is 9.59 Å². The van der Waals surface area contributed by atoms with Crippen molar-refractivity contribution in [1.82, 2.24) is 9.80 Å². The highest BCUT2D eigenvalue weighted by Crippen LogP contribution is 2.22. The van der Waals surface area contributed by atoms with E-state index >= 15 is 0 Å². The van der Waals surface area contributed by atoms with Crippen molar-refractivity contribution in [1.29, 1.82) is 0 Å². The first-order chi connectivity index (χ1) is 12.5. The van der Waals surface area contributed by atoms with Crippen LogP contribution in [0.3, 0.4) is 0 Å². The largest absolute Gasteiger partial charge is 0.484 e. The second-order valence-electron chi connectivity index (χ2n) is 6.70. The molecule has 0 aromatic heterocycles. The second kappa shape index (κ2) is 8.16. The molecule has 0 radical (unpaired) electrons. The minimum atomic E-state index is -0.499. The van der Waals surface area contributed by atoms with Crippen LogP contribution in [0.1, 0.15) is 32.1 Å². The number of carbonyl (C=O) groups is 2. The molecule has 0 spiro atoms. The van der Waals surface area contributed by atoms with Crippen LogP contribution in [0.25, 0.3) is 0 Å². The zero-order chi connectivity index (χ0) is 18.5. The summed E-state index contributed by atoms with van der Waals surface area (Å²) in [6.07, 6.45) is 4.24. The van der Waals surface area contributed by atoms with Crippen LogP contribution in [0.5, 0.6) is 5.75 Å². The van der Waals surface area contributed by atoms with Crippen molar-refractivity contribution in [3.05, 3.63) is 34.4 Å². The quantitative estimate of drug-likeness (QED) is 0.590. The molecule has 3 rings (SSSR count). The van der Waals surface area contributed by atoms with E-state index in [1.165, 1.54) is 18.2 Å². The molecular weight excluding hydrogens is 338 g/mol. The molecule has 0 saturated carbocycles. The molecule has 0 N–H and O–H groups in total. The standard InChI is InChI=1S/C18H23N3O5/c22-17-6-1-2-9-20(17)14-7-10-19(11-8-14)18(23)13-26-16-5-3-4-15(12-16)21(24)25/h3-5,12,14H,1-2,6-11,13H2. The number of likely N-dealkylation sites (tertiary alicyclic amines) is 2. The first-order valence-corrected chi connectivity index (χ1v) is 8.99. The van der Waals surface area contributed by atoms with Crippen molar-refractivity contribution in [3.63, 3.8) is 0 Å². The van der Waals surface area contributed by atoms with Gasteiger partial charge < -0.3 is 14.5 Å². The van der Waals surface area contributed by atoms with E-state index in [0.29, 0.717) is 25.3 Å². The van der Waals surface area contributed by atoms with Crippen LogP contribution < -0.4 is 4.74 Å². The van der Waals surface area contributed by atoms with Crippen LogP contribution in [0, 0.1) is 10.1 Å². The molecule has 2 saturated heterocycles. The number of benzene rings is 1. The van der Waals surface area contributed by atoms with Crippen molar-refractivity contribution < 1.29 is 19.2 Å². The molecule has 1 aromatic rings. The van der Waals surface area contributed by atoms with E-state index in [4.69, 9.17) is 4.74 Å². The normalized spacial score (nSPS) is 18.7. The van der Waals surface area contributed by atoms with Gasteiger partial charge in [-0.1, -0.05) is 6.07 Å². The topological polar surface area (TPSA) is 93.0 Å². The summed E-state index contributed by atoms with van der Waals surface area (Å²) in [5.41, 5.74) is -0.0676. The highest BCUT2D eigenvalue weighted by atomic mass is 16.6. The first kappa shape index (κ1) is 18.2. The molecule has 1 aromatic carbocycles. The van der Waals surface area contributed by atoms with Crippen LogP contribution in [0.2, 0.25) is 0 Å². The molecule has 8 nitrogen and oxygen atoms in total. The summed E-state index contributed by atoms with van der Waals surface area (Å²) in [7, 11) is 0. The van der Waals surface area contributed by atoms with E-state index in [0.717, 1.165) is 32.2 Å². The summed E-state index contributed by atoms with van der Waals surface area (Å²) < 4.78 is 5.41. The summed E-state index contributed by atoms with van der Waals surface area (Å²) in [4.78, 5) is 38.3. The van der Waals surface area contributed by atoms with Crippen LogP contribution in [0.4, 0.5) is 5.69 Å². The number of carbonyl (C=O) groups excluding carboxylic acids is 2. The van der Waals surface area contributed by atoms with Gasteiger partial charge in [-0.15, -0.1) is 0 Å². The Balaban J connectivity index is 1.47. The average molecular weight is 361 g/mol. The van der Waals surface area contributed by atoms with Gasteiger partial charge in [0.25, 0.3) is 11.6 Å². The SMILES string of the molecule is O=C(COc1cccc([N+](=O)[O-])c1)N1CCC(N2CCCCC2=O)CC1. The Morgan fingerprint density at radius 2 is 2.00 bits per heavy atom. The van der Waals surface area contributed by atoms with E-state index in [-0.39, 0.29) is 30.2 Å². The fourth-order valence-corrected chi connectivity index (χ4v) is 3.56. The van der Waals surface area contributed by atoms with Gasteiger partial charge in [0.2, 0.25) is 5.91 Å². The Morgan fingerprint density at radius 3 is 2.69 bits per heavy atom. The number of piperidine rings is 2. The number of nitro benzene ring substituents is 1. The lowest BCUT2D eigenvalue weighted by atomic mass is 9.99. The van der Waals surface area contributed by atoms with Gasteiger partial charge in [0.05, 0.1) is 11.0 Å². The summed E-state index contributed by atoms with van der Waals surface area (Å²) in [5.74, 6) is 0.399. The van der Waals surface area contributed by atoms with Gasteiger partial charge in [-0.3, -0.25) is 19.7 Å². The number of nitro groups is 1. The second-order valence-corrected chi connectivity index (χ2v) is 6.70. The monoisotopic (exact) mass is 361 g/mol. The maximum Gasteiger partial charge on any atom is 0.273 e. The molecule has 0 atom stereocenters. The van der Waals surface area contributed by atoms with Gasteiger partial charge >= 0.3 is 0 Å². The Bertz CT molecular complexity index is 685. The maximum atomic E-state index is 12.3. The van der Waals surface area contributed by atoms with Crippen molar-refractivity contribution >= 4 is 17.5 Å². The molecule has 140 valence electrons. The third-order valence-corrected chi connectivity index (χ3v) is 5.01. The molecule has 0 unspecified atom stereocenters. The summed E-state index contributed by atoms with van der Waals surface area (Å²) in [5, 5.41) is 10.8. The van der Waals surface area contributed by atoms with E-state index in [2.05, 4.69) is 0 Å². The molecule has 0 bridgehead atoms. The van der Waals surface area contributed by atoms with Crippen molar-refractivity contribution in [2.75, 3.05) is 26.2 Å². The molecule has 2 aliphatic heterocycles. The van der Waals surface area contributed by atoms with Gasteiger partial charge in [0, 0.05) is 38.2 Å². The molecule has 2 fully saturated rings. The van der Waals surface area contributed by atoms with Gasteiger partial charge in [0.1, 0.15) is 5.75 Å². The van der Waals surface area contributed by atoms with Crippen molar-refractivity contribution in [2.45, 2.75) is 38.1 Å². The summed E-state index contributed by atoms with van der Waals surface area (Å²) in [6.45, 7) is 1.89. The molecule has 8 heteroatoms. The Labute approximate surface area is 151 Å². The number of ether oxygens (including phenoxy) is 1. The lowest BCUT2D eigenvalue weighted by Crippen LogP contribution is -2.50. The van der Waals surface area contributed by atoms with Gasteiger partial charge in [-0.05, 0) is 31.7 Å². The van der Waals surface area contributed by atoms with E-state index in [1.807, 2.05) is 4.90 Å². The molecule has 2 aliphatic rings. The van der Waals surface area contributed by atoms with E-state index in [1.54, 1.807) is 11.0 Å². The highest BCUT2D eigenvalue weighted by Gasteiger charge is 2.30. The summed E-state index contributed by atoms with van der Waals surface area (Å²) in [6, 6.07) is 6.03. The molecule has 26 heavy (non-hydrogen) atoms. The third-order valence-electron chi connectivity index (χ3n) is 5.01. The number of non-ortho nitro benzene ring substituents is 1. The molecule has 2 heterocycles. The van der Waals surface area contributed by atoms with Crippen LogP contribution >= 0.6 is 0 Å². The van der Waals surface area contributed by atoms with Gasteiger partial charge in [-0.2, -0.15) is 0 Å². The average Bonchev–Trinajstić information content (AvgIpc) is 2.67. The number of hydrogen-bond donors (Lipinski definition) is 0. The Morgan fingerprint density at radius 1 is 1.23 bits per heavy atom. The number of amides is 2. The molecule has 2 amide bonds. The fraction of sp³-hybridized carbons (Fsp3) is 0.556. The lowest BCUT2D eigenvalue weighted by Gasteiger charge is -2.40. The lowest BCUT2D eigenvalue weighted by molar-refractivity contribution is -0.384. The van der Waals surface area contributed by atoms with Gasteiger partial charge in [-0.25, -0.2) is 0 Å². The summed E-state index contributed by atoms with van der Waals surface area (Å²) >= 11 is 0. The number of rotatable bonds is 5. The Kier molecular flexibility index (Phi) is 5.70. The fourth-order valence-electron chi connectivity index (χ4n) is 3.56. The highest BCUT2D eigenvalue weighted by molar-refractivity contribution is 5.78. The maximum absolute atomic E-state index is 12.3. The predicted molar refractivity (Wildman–Crippen MR) is 93.8 cm³/mol. The van der Waals surface area contributed by atoms with Crippen LogP contribution in [0.15, 0.2) is 24.3 Å². The number of hydrogen-bond acceptors (Lipinski definition) is 5. The minimum Gasteiger partial charge on any atom is -0.484 e. The first-order valence-electron chi connectivity index (χ1n) is 8.99. The van der Waals surface area contributed by atoms with Crippen LogP contribution in [-0.4, -0.2) is 58.8 Å². The Hall–Kier alpha value is -2.64. The zero-order valence-electron chi connectivity index (χ0n) is 14.6. The minimum absolute atomic E-state index is 0.0676.